The van der Waals surface area contributed by atoms with Gasteiger partial charge >= 0.3 is 5.97 Å². The summed E-state index contributed by atoms with van der Waals surface area (Å²) in [6.45, 7) is 7.44. The number of carbonyl (C=O) groups is 1. The Balaban J connectivity index is 1.92. The van der Waals surface area contributed by atoms with Crippen LogP contribution >= 0.6 is 0 Å². The average molecular weight is 232 g/mol. The maximum Gasteiger partial charge on any atom is 0.333 e. The molecule has 90 valence electrons. The summed E-state index contributed by atoms with van der Waals surface area (Å²) < 4.78 is 10.7. The van der Waals surface area contributed by atoms with Crippen LogP contribution in [0.4, 0.5) is 0 Å². The quantitative estimate of drug-likeness (QED) is 0.454. The van der Waals surface area contributed by atoms with Gasteiger partial charge in [-0.3, -0.25) is 0 Å². The maximum atomic E-state index is 11.2. The van der Waals surface area contributed by atoms with E-state index < -0.39 is 0 Å². The predicted molar refractivity (Wildman–Crippen MR) is 64.4 cm³/mol. The van der Waals surface area contributed by atoms with Gasteiger partial charge in [0.05, 0.1) is 0 Å². The van der Waals surface area contributed by atoms with Gasteiger partial charge in [-0.2, -0.15) is 0 Å². The Labute approximate surface area is 101 Å². The van der Waals surface area contributed by atoms with E-state index in [1.165, 1.54) is 0 Å². The van der Waals surface area contributed by atoms with Crippen LogP contribution in [-0.2, 0) is 19.9 Å². The van der Waals surface area contributed by atoms with E-state index >= 15 is 0 Å². The highest BCUT2D eigenvalue weighted by atomic mass is 16.6. The van der Waals surface area contributed by atoms with E-state index in [1.807, 2.05) is 37.3 Å². The minimum atomic E-state index is -0.365. The fraction of sp³-hybridized carbons (Fsp3) is 0.357. The molecule has 1 aliphatic rings. The van der Waals surface area contributed by atoms with E-state index in [9.17, 15) is 4.79 Å². The highest BCUT2D eigenvalue weighted by molar-refractivity contribution is 5.86. The molecule has 1 saturated heterocycles. The molecular weight excluding hydrogens is 216 g/mol. The molecule has 2 atom stereocenters. The van der Waals surface area contributed by atoms with Gasteiger partial charge in [0.25, 0.3) is 0 Å². The number of benzene rings is 1. The van der Waals surface area contributed by atoms with Crippen molar-refractivity contribution in [1.29, 1.82) is 0 Å². The lowest BCUT2D eigenvalue weighted by Gasteiger charge is -2.07. The van der Waals surface area contributed by atoms with E-state index in [0.717, 1.165) is 5.56 Å². The van der Waals surface area contributed by atoms with Crippen LogP contribution in [0, 0.1) is 0 Å². The topological polar surface area (TPSA) is 38.8 Å². The molecule has 2 unspecified atom stereocenters. The Morgan fingerprint density at radius 2 is 2.12 bits per heavy atom. The smallest absolute Gasteiger partial charge is 0.333 e. The van der Waals surface area contributed by atoms with Crippen molar-refractivity contribution in [3.8, 4) is 0 Å². The Bertz CT molecular complexity index is 438. The first kappa shape index (κ1) is 11.9. The standard InChI is InChI=1S/C14H16O3/c1-10(2)13(15)16-9-12-14(3,17-12)11-7-5-4-6-8-11/h4-8,12H,1,9H2,2-3H3. The molecule has 0 radical (unpaired) electrons. The Kier molecular flexibility index (Phi) is 3.03. The van der Waals surface area contributed by atoms with E-state index in [4.69, 9.17) is 9.47 Å². The van der Waals surface area contributed by atoms with Crippen molar-refractivity contribution in [3.05, 3.63) is 48.0 Å². The number of epoxide rings is 1. The molecule has 0 aromatic heterocycles. The first-order chi connectivity index (χ1) is 8.04. The van der Waals surface area contributed by atoms with Gasteiger partial charge in [-0.25, -0.2) is 4.79 Å². The van der Waals surface area contributed by atoms with Crippen molar-refractivity contribution in [2.24, 2.45) is 0 Å². The molecule has 1 aliphatic heterocycles. The zero-order valence-electron chi connectivity index (χ0n) is 10.1. The van der Waals surface area contributed by atoms with Gasteiger partial charge in [-0.05, 0) is 19.4 Å². The normalized spacial score (nSPS) is 26.4. The van der Waals surface area contributed by atoms with Crippen LogP contribution in [0.15, 0.2) is 42.5 Å². The fourth-order valence-corrected chi connectivity index (χ4v) is 1.75. The fourth-order valence-electron chi connectivity index (χ4n) is 1.75. The van der Waals surface area contributed by atoms with Crippen LogP contribution in [0.5, 0.6) is 0 Å². The van der Waals surface area contributed by atoms with Gasteiger partial charge < -0.3 is 9.47 Å². The first-order valence-corrected chi connectivity index (χ1v) is 5.60. The summed E-state index contributed by atoms with van der Waals surface area (Å²) in [4.78, 5) is 11.2. The molecule has 3 nitrogen and oxygen atoms in total. The zero-order valence-corrected chi connectivity index (χ0v) is 10.1. The third kappa shape index (κ3) is 2.39. The Morgan fingerprint density at radius 1 is 1.47 bits per heavy atom. The van der Waals surface area contributed by atoms with Crippen LogP contribution in [0.1, 0.15) is 19.4 Å². The van der Waals surface area contributed by atoms with Crippen LogP contribution in [-0.4, -0.2) is 18.7 Å². The third-order valence-electron chi connectivity index (χ3n) is 3.01. The first-order valence-electron chi connectivity index (χ1n) is 5.60. The molecule has 0 amide bonds. The van der Waals surface area contributed by atoms with E-state index in [0.29, 0.717) is 5.57 Å². The second kappa shape index (κ2) is 4.34. The molecule has 2 rings (SSSR count). The lowest BCUT2D eigenvalue weighted by atomic mass is 9.98. The second-order valence-corrected chi connectivity index (χ2v) is 4.46. The summed E-state index contributed by atoms with van der Waals surface area (Å²) >= 11 is 0. The van der Waals surface area contributed by atoms with Crippen molar-refractivity contribution >= 4 is 5.97 Å². The number of hydrogen-bond acceptors (Lipinski definition) is 3. The van der Waals surface area contributed by atoms with Crippen molar-refractivity contribution in [3.63, 3.8) is 0 Å². The summed E-state index contributed by atoms with van der Waals surface area (Å²) in [5.41, 5.74) is 1.19. The molecule has 17 heavy (non-hydrogen) atoms. The monoisotopic (exact) mass is 232 g/mol. The highest BCUT2D eigenvalue weighted by Gasteiger charge is 2.54. The summed E-state index contributed by atoms with van der Waals surface area (Å²) in [6, 6.07) is 9.94. The number of esters is 1. The molecule has 0 saturated carbocycles. The summed E-state index contributed by atoms with van der Waals surface area (Å²) in [5.74, 6) is -0.365. The largest absolute Gasteiger partial charge is 0.459 e. The Hall–Kier alpha value is -1.61. The van der Waals surface area contributed by atoms with Gasteiger partial charge in [0.1, 0.15) is 18.3 Å². The molecule has 1 aromatic rings. The minimum Gasteiger partial charge on any atom is -0.459 e. The molecule has 1 aromatic carbocycles. The van der Waals surface area contributed by atoms with Gasteiger partial charge in [0.2, 0.25) is 0 Å². The number of hydrogen-bond donors (Lipinski definition) is 0. The van der Waals surface area contributed by atoms with E-state index in [-0.39, 0.29) is 24.3 Å². The van der Waals surface area contributed by atoms with E-state index in [1.54, 1.807) is 6.92 Å². The van der Waals surface area contributed by atoms with Gasteiger partial charge in [-0.1, -0.05) is 36.9 Å². The summed E-state index contributed by atoms with van der Waals surface area (Å²) in [5, 5.41) is 0. The van der Waals surface area contributed by atoms with Crippen LogP contribution in [0.25, 0.3) is 0 Å². The van der Waals surface area contributed by atoms with Crippen LogP contribution in [0.3, 0.4) is 0 Å². The van der Waals surface area contributed by atoms with Gasteiger partial charge in [0.15, 0.2) is 0 Å². The number of rotatable bonds is 4. The lowest BCUT2D eigenvalue weighted by molar-refractivity contribution is -0.139. The molecular formula is C14H16O3. The molecule has 0 spiro atoms. The Morgan fingerprint density at radius 3 is 2.71 bits per heavy atom. The molecule has 1 heterocycles. The van der Waals surface area contributed by atoms with Crippen molar-refractivity contribution < 1.29 is 14.3 Å². The van der Waals surface area contributed by atoms with Crippen molar-refractivity contribution in [2.45, 2.75) is 25.6 Å². The molecule has 3 heteroatoms. The highest BCUT2D eigenvalue weighted by Crippen LogP contribution is 2.45. The van der Waals surface area contributed by atoms with Crippen LogP contribution in [0.2, 0.25) is 0 Å². The SMILES string of the molecule is C=C(C)C(=O)OCC1OC1(C)c1ccccc1. The molecule has 1 fully saturated rings. The maximum absolute atomic E-state index is 11.2. The zero-order chi connectivity index (χ0) is 12.5. The summed E-state index contributed by atoms with van der Waals surface area (Å²) in [7, 11) is 0. The third-order valence-corrected chi connectivity index (χ3v) is 3.01. The van der Waals surface area contributed by atoms with Gasteiger partial charge in [-0.15, -0.1) is 0 Å². The number of ether oxygens (including phenoxy) is 2. The van der Waals surface area contributed by atoms with Crippen molar-refractivity contribution in [2.75, 3.05) is 6.61 Å². The average Bonchev–Trinajstić information content (AvgIpc) is 3.00. The molecule has 0 N–H and O–H groups in total. The predicted octanol–water partition coefficient (Wildman–Crippen LogP) is 2.42. The number of carbonyl (C=O) groups excluding carboxylic acids is 1. The van der Waals surface area contributed by atoms with Gasteiger partial charge in [0, 0.05) is 5.57 Å². The minimum absolute atomic E-state index is 0.0619. The summed E-state index contributed by atoms with van der Waals surface area (Å²) in [6.07, 6.45) is -0.0619. The van der Waals surface area contributed by atoms with Crippen LogP contribution < -0.4 is 0 Å². The molecule has 0 aliphatic carbocycles. The second-order valence-electron chi connectivity index (χ2n) is 4.46. The molecule has 0 bridgehead atoms. The lowest BCUT2D eigenvalue weighted by Crippen LogP contribution is -2.15. The van der Waals surface area contributed by atoms with Crippen molar-refractivity contribution in [1.82, 2.24) is 0 Å². The van der Waals surface area contributed by atoms with E-state index in [2.05, 4.69) is 6.58 Å².